The minimum absolute atomic E-state index is 0.0786. The number of furan rings is 1. The van der Waals surface area contributed by atoms with Gasteiger partial charge in [-0.3, -0.25) is 9.69 Å². The van der Waals surface area contributed by atoms with Gasteiger partial charge in [0.15, 0.2) is 5.76 Å². The number of ether oxygens (including phenoxy) is 1. The first-order valence-corrected chi connectivity index (χ1v) is 9.75. The maximum Gasteiger partial charge on any atom is 0.252 e. The molecule has 2 aromatic heterocycles. The highest BCUT2D eigenvalue weighted by atomic mass is 16.5. The molecule has 0 spiro atoms. The maximum atomic E-state index is 12.9. The van der Waals surface area contributed by atoms with Gasteiger partial charge < -0.3 is 14.5 Å². The van der Waals surface area contributed by atoms with Crippen molar-refractivity contribution in [2.75, 3.05) is 39.4 Å². The number of amides is 1. The number of hydrogen-bond acceptors (Lipinski definition) is 5. The van der Waals surface area contributed by atoms with Gasteiger partial charge in [-0.15, -0.1) is 0 Å². The Morgan fingerprint density at radius 3 is 2.79 bits per heavy atom. The van der Waals surface area contributed by atoms with E-state index in [1.54, 1.807) is 0 Å². The normalized spacial score (nSPS) is 15.0. The molecule has 3 heterocycles. The molecule has 0 bridgehead atoms. The van der Waals surface area contributed by atoms with E-state index in [9.17, 15) is 4.79 Å². The van der Waals surface area contributed by atoms with Crippen LogP contribution in [-0.2, 0) is 4.74 Å². The molecule has 1 saturated heterocycles. The smallest absolute Gasteiger partial charge is 0.252 e. The van der Waals surface area contributed by atoms with Gasteiger partial charge in [0.1, 0.15) is 11.5 Å². The maximum absolute atomic E-state index is 12.9. The van der Waals surface area contributed by atoms with E-state index in [0.717, 1.165) is 55.9 Å². The van der Waals surface area contributed by atoms with Crippen LogP contribution >= 0.6 is 0 Å². The van der Waals surface area contributed by atoms with Crippen molar-refractivity contribution in [1.29, 1.82) is 0 Å². The molecule has 0 saturated carbocycles. The molecule has 0 unspecified atom stereocenters. The van der Waals surface area contributed by atoms with Crippen LogP contribution in [0.1, 0.15) is 22.5 Å². The Kier molecular flexibility index (Phi) is 5.69. The number of aromatic nitrogens is 1. The van der Waals surface area contributed by atoms with Crippen LogP contribution in [0.4, 0.5) is 0 Å². The van der Waals surface area contributed by atoms with Gasteiger partial charge in [-0.25, -0.2) is 4.98 Å². The number of carbonyl (C=O) groups is 1. The summed E-state index contributed by atoms with van der Waals surface area (Å²) in [6.07, 6.45) is 0.916. The minimum Gasteiger partial charge on any atom is -0.460 e. The van der Waals surface area contributed by atoms with Gasteiger partial charge >= 0.3 is 0 Å². The predicted molar refractivity (Wildman–Crippen MR) is 108 cm³/mol. The van der Waals surface area contributed by atoms with Gasteiger partial charge in [-0.05, 0) is 44.2 Å². The molecule has 0 aliphatic carbocycles. The number of morpholine rings is 1. The summed E-state index contributed by atoms with van der Waals surface area (Å²) in [7, 11) is 0. The van der Waals surface area contributed by atoms with Gasteiger partial charge in [0.25, 0.3) is 5.91 Å². The lowest BCUT2D eigenvalue weighted by Crippen LogP contribution is -2.38. The molecule has 3 aromatic rings. The average Bonchev–Trinajstić information content (AvgIpc) is 3.17. The monoisotopic (exact) mass is 379 g/mol. The molecule has 1 fully saturated rings. The van der Waals surface area contributed by atoms with Crippen LogP contribution < -0.4 is 5.32 Å². The quantitative estimate of drug-likeness (QED) is 0.666. The van der Waals surface area contributed by atoms with Crippen molar-refractivity contribution in [1.82, 2.24) is 15.2 Å². The number of nitrogens with one attached hydrogen (secondary N) is 1. The van der Waals surface area contributed by atoms with Gasteiger partial charge in [-0.1, -0.05) is 18.2 Å². The summed E-state index contributed by atoms with van der Waals surface area (Å²) in [6, 6.07) is 13.3. The molecule has 0 atom stereocenters. The van der Waals surface area contributed by atoms with Crippen molar-refractivity contribution < 1.29 is 13.9 Å². The largest absolute Gasteiger partial charge is 0.460 e. The van der Waals surface area contributed by atoms with E-state index >= 15 is 0 Å². The molecular formula is C22H25N3O3. The zero-order chi connectivity index (χ0) is 19.3. The SMILES string of the molecule is Cc1ccc(-c2cc(C(=O)NCCCN3CCOCC3)c3ccccc3n2)o1. The summed E-state index contributed by atoms with van der Waals surface area (Å²) in [5.74, 6) is 1.41. The third-order valence-corrected chi connectivity index (χ3v) is 4.99. The van der Waals surface area contributed by atoms with Crippen LogP contribution in [0.5, 0.6) is 0 Å². The fourth-order valence-electron chi connectivity index (χ4n) is 3.49. The first kappa shape index (κ1) is 18.7. The number of hydrogen-bond donors (Lipinski definition) is 1. The van der Waals surface area contributed by atoms with E-state index < -0.39 is 0 Å². The Morgan fingerprint density at radius 2 is 2.00 bits per heavy atom. The number of benzene rings is 1. The van der Waals surface area contributed by atoms with Crippen LogP contribution in [0.3, 0.4) is 0 Å². The zero-order valence-corrected chi connectivity index (χ0v) is 16.1. The number of rotatable bonds is 6. The van der Waals surface area contributed by atoms with Crippen molar-refractivity contribution >= 4 is 16.8 Å². The van der Waals surface area contributed by atoms with Crippen molar-refractivity contribution in [2.45, 2.75) is 13.3 Å². The number of para-hydroxylation sites is 1. The van der Waals surface area contributed by atoms with Crippen molar-refractivity contribution in [3.05, 3.63) is 53.8 Å². The molecule has 1 aromatic carbocycles. The lowest BCUT2D eigenvalue weighted by atomic mass is 10.1. The zero-order valence-electron chi connectivity index (χ0n) is 16.1. The van der Waals surface area contributed by atoms with Crippen LogP contribution in [-0.4, -0.2) is 55.2 Å². The van der Waals surface area contributed by atoms with E-state index in [2.05, 4.69) is 15.2 Å². The molecule has 6 heteroatoms. The van der Waals surface area contributed by atoms with E-state index in [0.29, 0.717) is 23.6 Å². The van der Waals surface area contributed by atoms with Crippen LogP contribution in [0, 0.1) is 6.92 Å². The highest BCUT2D eigenvalue weighted by Crippen LogP contribution is 2.26. The molecule has 1 N–H and O–H groups in total. The topological polar surface area (TPSA) is 67.6 Å². The summed E-state index contributed by atoms with van der Waals surface area (Å²) in [5, 5.41) is 3.91. The summed E-state index contributed by atoms with van der Waals surface area (Å²) in [4.78, 5) is 19.9. The van der Waals surface area contributed by atoms with Crippen LogP contribution in [0.2, 0.25) is 0 Å². The molecule has 28 heavy (non-hydrogen) atoms. The van der Waals surface area contributed by atoms with E-state index in [1.165, 1.54) is 0 Å². The van der Waals surface area contributed by atoms with Crippen LogP contribution in [0.15, 0.2) is 46.9 Å². The number of nitrogens with zero attached hydrogens (tertiary/aromatic N) is 2. The Hall–Kier alpha value is -2.70. The minimum atomic E-state index is -0.0786. The molecule has 6 nitrogen and oxygen atoms in total. The Bertz CT molecular complexity index is 961. The summed E-state index contributed by atoms with van der Waals surface area (Å²) in [6.45, 7) is 7.03. The van der Waals surface area contributed by atoms with Gasteiger partial charge in [0.05, 0.1) is 24.3 Å². The van der Waals surface area contributed by atoms with Crippen molar-refractivity contribution in [2.24, 2.45) is 0 Å². The second-order valence-electron chi connectivity index (χ2n) is 7.05. The molecule has 1 amide bonds. The van der Waals surface area contributed by atoms with Gasteiger partial charge in [0, 0.05) is 25.0 Å². The predicted octanol–water partition coefficient (Wildman–Crippen LogP) is 3.26. The van der Waals surface area contributed by atoms with Gasteiger partial charge in [-0.2, -0.15) is 0 Å². The van der Waals surface area contributed by atoms with Crippen LogP contribution in [0.25, 0.3) is 22.4 Å². The molecule has 0 radical (unpaired) electrons. The third kappa shape index (κ3) is 4.24. The lowest BCUT2D eigenvalue weighted by Gasteiger charge is -2.26. The first-order valence-electron chi connectivity index (χ1n) is 9.75. The average molecular weight is 379 g/mol. The molecule has 4 rings (SSSR count). The van der Waals surface area contributed by atoms with Crippen molar-refractivity contribution in [3.63, 3.8) is 0 Å². The number of fused-ring (bicyclic) bond motifs is 1. The Morgan fingerprint density at radius 1 is 1.18 bits per heavy atom. The van der Waals surface area contributed by atoms with E-state index in [1.807, 2.05) is 49.4 Å². The summed E-state index contributed by atoms with van der Waals surface area (Å²) >= 11 is 0. The standard InChI is InChI=1S/C22H25N3O3/c1-16-7-8-21(28-16)20-15-18(17-5-2-3-6-19(17)24-20)22(26)23-9-4-10-25-11-13-27-14-12-25/h2-3,5-8,15H,4,9-14H2,1H3,(H,23,26). The van der Waals surface area contributed by atoms with E-state index in [-0.39, 0.29) is 5.91 Å². The fourth-order valence-corrected chi connectivity index (χ4v) is 3.49. The number of pyridine rings is 1. The summed E-state index contributed by atoms with van der Waals surface area (Å²) < 4.78 is 11.1. The molecular weight excluding hydrogens is 354 g/mol. The Labute approximate surface area is 164 Å². The first-order chi connectivity index (χ1) is 13.7. The molecule has 1 aliphatic heterocycles. The lowest BCUT2D eigenvalue weighted by molar-refractivity contribution is 0.0374. The van der Waals surface area contributed by atoms with E-state index in [4.69, 9.17) is 9.15 Å². The highest BCUT2D eigenvalue weighted by molar-refractivity contribution is 6.07. The highest BCUT2D eigenvalue weighted by Gasteiger charge is 2.15. The number of aryl methyl sites for hydroxylation is 1. The van der Waals surface area contributed by atoms with Crippen molar-refractivity contribution in [3.8, 4) is 11.5 Å². The molecule has 1 aliphatic rings. The second-order valence-corrected chi connectivity index (χ2v) is 7.05. The summed E-state index contributed by atoms with van der Waals surface area (Å²) in [5.41, 5.74) is 2.08. The third-order valence-electron chi connectivity index (χ3n) is 4.99. The Balaban J connectivity index is 1.49. The number of carbonyl (C=O) groups excluding carboxylic acids is 1. The fraction of sp³-hybridized carbons (Fsp3) is 0.364. The second kappa shape index (κ2) is 8.54. The molecule has 146 valence electrons. The van der Waals surface area contributed by atoms with Gasteiger partial charge in [0.2, 0.25) is 0 Å².